The van der Waals surface area contributed by atoms with Crippen LogP contribution in [0.2, 0.25) is 0 Å². The van der Waals surface area contributed by atoms with E-state index in [1.165, 1.54) is 0 Å². The summed E-state index contributed by atoms with van der Waals surface area (Å²) < 4.78 is 5.72. The summed E-state index contributed by atoms with van der Waals surface area (Å²) in [5.74, 6) is 0.713. The van der Waals surface area contributed by atoms with Crippen LogP contribution in [0.3, 0.4) is 0 Å². The highest BCUT2D eigenvalue weighted by molar-refractivity contribution is 5.79. The van der Waals surface area contributed by atoms with Crippen molar-refractivity contribution in [1.82, 2.24) is 0 Å². The lowest BCUT2D eigenvalue weighted by Crippen LogP contribution is -2.33. The van der Waals surface area contributed by atoms with E-state index in [4.69, 9.17) is 10.5 Å². The van der Waals surface area contributed by atoms with Crippen LogP contribution in [0, 0.1) is 6.92 Å². The molecule has 0 heterocycles. The van der Waals surface area contributed by atoms with Gasteiger partial charge in [0.25, 0.3) is 5.91 Å². The fourth-order valence-corrected chi connectivity index (χ4v) is 1.72. The van der Waals surface area contributed by atoms with Crippen molar-refractivity contribution >= 4 is 5.91 Å². The maximum Gasteiger partial charge on any atom is 0.258 e. The zero-order valence-electron chi connectivity index (χ0n) is 11.0. The minimum atomic E-state index is -0.547. The Kier molecular flexibility index (Phi) is 4.55. The smallest absolute Gasteiger partial charge is 0.258 e. The lowest BCUT2D eigenvalue weighted by Gasteiger charge is -2.19. The maximum atomic E-state index is 11.2. The van der Waals surface area contributed by atoms with E-state index in [0.717, 1.165) is 16.9 Å². The van der Waals surface area contributed by atoms with E-state index in [0.29, 0.717) is 12.3 Å². The molecular weight excluding hydrogens is 214 g/mol. The predicted molar refractivity (Wildman–Crippen MR) is 69.2 cm³/mol. The summed E-state index contributed by atoms with van der Waals surface area (Å²) in [5, 5.41) is 0. The molecule has 0 spiro atoms. The van der Waals surface area contributed by atoms with Crippen LogP contribution in [-0.2, 0) is 4.79 Å². The molecule has 0 aliphatic rings. The first kappa shape index (κ1) is 13.6. The third kappa shape index (κ3) is 3.48. The molecular formula is C14H21NO2. The number of hydrogen-bond acceptors (Lipinski definition) is 2. The van der Waals surface area contributed by atoms with Crippen molar-refractivity contribution in [2.24, 2.45) is 5.73 Å². The first-order valence-corrected chi connectivity index (χ1v) is 6.02. The van der Waals surface area contributed by atoms with Gasteiger partial charge in [-0.2, -0.15) is 0 Å². The van der Waals surface area contributed by atoms with Crippen molar-refractivity contribution in [1.29, 1.82) is 0 Å². The molecule has 3 heteroatoms. The van der Waals surface area contributed by atoms with Gasteiger partial charge in [0.15, 0.2) is 6.10 Å². The Morgan fingerprint density at radius 2 is 2.06 bits per heavy atom. The molecule has 1 amide bonds. The first-order chi connectivity index (χ1) is 7.95. The van der Waals surface area contributed by atoms with Gasteiger partial charge in [0, 0.05) is 0 Å². The Morgan fingerprint density at radius 1 is 1.41 bits per heavy atom. The van der Waals surface area contributed by atoms with Gasteiger partial charge in [-0.3, -0.25) is 4.79 Å². The van der Waals surface area contributed by atoms with Gasteiger partial charge in [0.2, 0.25) is 0 Å². The summed E-state index contributed by atoms with van der Waals surface area (Å²) in [6, 6.07) is 6.05. The zero-order valence-corrected chi connectivity index (χ0v) is 11.0. The number of primary amides is 1. The molecule has 0 aliphatic carbocycles. The van der Waals surface area contributed by atoms with Gasteiger partial charge in [-0.25, -0.2) is 0 Å². The molecule has 1 atom stereocenters. The molecule has 3 nitrogen and oxygen atoms in total. The van der Waals surface area contributed by atoms with Crippen molar-refractivity contribution in [2.75, 3.05) is 0 Å². The van der Waals surface area contributed by atoms with Gasteiger partial charge < -0.3 is 10.5 Å². The van der Waals surface area contributed by atoms with E-state index in [-0.39, 0.29) is 0 Å². The summed E-state index contributed by atoms with van der Waals surface area (Å²) in [6.07, 6.45) is 0.0372. The number of aryl methyl sites for hydroxylation is 1. The molecule has 1 aromatic carbocycles. The lowest BCUT2D eigenvalue weighted by atomic mass is 10.0. The van der Waals surface area contributed by atoms with E-state index < -0.39 is 12.0 Å². The molecule has 0 saturated carbocycles. The van der Waals surface area contributed by atoms with Crippen LogP contribution in [-0.4, -0.2) is 12.0 Å². The maximum absolute atomic E-state index is 11.2. The molecule has 2 N–H and O–H groups in total. The second-order valence-electron chi connectivity index (χ2n) is 4.61. The van der Waals surface area contributed by atoms with Gasteiger partial charge in [0.1, 0.15) is 5.75 Å². The molecule has 0 fully saturated rings. The van der Waals surface area contributed by atoms with E-state index >= 15 is 0 Å². The average molecular weight is 235 g/mol. The largest absolute Gasteiger partial charge is 0.480 e. The Hall–Kier alpha value is -1.51. The Balaban J connectivity index is 3.02. The zero-order chi connectivity index (χ0) is 13.0. The second-order valence-corrected chi connectivity index (χ2v) is 4.61. The summed E-state index contributed by atoms with van der Waals surface area (Å²) in [4.78, 5) is 11.2. The van der Waals surface area contributed by atoms with Gasteiger partial charge in [-0.15, -0.1) is 0 Å². The number of ether oxygens (including phenoxy) is 1. The van der Waals surface area contributed by atoms with E-state index in [1.54, 1.807) is 0 Å². The van der Waals surface area contributed by atoms with Crippen molar-refractivity contribution in [3.8, 4) is 5.75 Å². The number of carbonyl (C=O) groups is 1. The molecule has 0 aliphatic heterocycles. The number of rotatable bonds is 5. The Morgan fingerprint density at radius 3 is 2.53 bits per heavy atom. The molecule has 1 aromatic rings. The second kappa shape index (κ2) is 5.71. The summed E-state index contributed by atoms with van der Waals surface area (Å²) in [5.41, 5.74) is 7.52. The molecule has 1 rings (SSSR count). The van der Waals surface area contributed by atoms with Crippen molar-refractivity contribution < 1.29 is 9.53 Å². The highest BCUT2D eigenvalue weighted by atomic mass is 16.5. The highest BCUT2D eigenvalue weighted by Gasteiger charge is 2.17. The fourth-order valence-electron chi connectivity index (χ4n) is 1.72. The van der Waals surface area contributed by atoms with Crippen LogP contribution in [0.4, 0.5) is 0 Å². The first-order valence-electron chi connectivity index (χ1n) is 6.02. The van der Waals surface area contributed by atoms with Crippen molar-refractivity contribution in [3.63, 3.8) is 0 Å². The quantitative estimate of drug-likeness (QED) is 0.853. The van der Waals surface area contributed by atoms with Crippen LogP contribution in [0.15, 0.2) is 18.2 Å². The summed E-state index contributed by atoms with van der Waals surface area (Å²) in [7, 11) is 0. The standard InChI is InChI=1S/C14H21NO2/c1-5-12(14(15)16)17-13-8-10(4)6-7-11(13)9(2)3/h6-9,12H,5H2,1-4H3,(H2,15,16). The normalized spacial score (nSPS) is 12.5. The van der Waals surface area contributed by atoms with Crippen LogP contribution in [0.25, 0.3) is 0 Å². The minimum Gasteiger partial charge on any atom is -0.480 e. The van der Waals surface area contributed by atoms with Crippen molar-refractivity contribution in [3.05, 3.63) is 29.3 Å². The molecule has 17 heavy (non-hydrogen) atoms. The number of hydrogen-bond donors (Lipinski definition) is 1. The van der Waals surface area contributed by atoms with Gasteiger partial charge in [-0.05, 0) is 36.5 Å². The topological polar surface area (TPSA) is 52.3 Å². The van der Waals surface area contributed by atoms with Gasteiger partial charge >= 0.3 is 0 Å². The average Bonchev–Trinajstić information content (AvgIpc) is 2.25. The molecule has 0 radical (unpaired) electrons. The van der Waals surface area contributed by atoms with Gasteiger partial charge in [0.05, 0.1) is 0 Å². The third-order valence-electron chi connectivity index (χ3n) is 2.75. The van der Waals surface area contributed by atoms with Gasteiger partial charge in [-0.1, -0.05) is 32.9 Å². The van der Waals surface area contributed by atoms with E-state index in [2.05, 4.69) is 13.8 Å². The SMILES string of the molecule is CCC(Oc1cc(C)ccc1C(C)C)C(N)=O. The fraction of sp³-hybridized carbons (Fsp3) is 0.500. The number of carbonyl (C=O) groups excluding carboxylic acids is 1. The number of nitrogens with two attached hydrogens (primary N) is 1. The van der Waals surface area contributed by atoms with Crippen LogP contribution in [0.5, 0.6) is 5.75 Å². The Bertz CT molecular complexity index is 399. The Labute approximate surface area is 103 Å². The van der Waals surface area contributed by atoms with Crippen LogP contribution >= 0.6 is 0 Å². The number of benzene rings is 1. The third-order valence-corrected chi connectivity index (χ3v) is 2.75. The highest BCUT2D eigenvalue weighted by Crippen LogP contribution is 2.28. The molecule has 0 aromatic heterocycles. The molecule has 1 unspecified atom stereocenters. The van der Waals surface area contributed by atoms with Crippen molar-refractivity contribution in [2.45, 2.75) is 46.1 Å². The van der Waals surface area contributed by atoms with Crippen LogP contribution in [0.1, 0.15) is 44.2 Å². The monoisotopic (exact) mass is 235 g/mol. The van der Waals surface area contributed by atoms with E-state index in [1.807, 2.05) is 32.0 Å². The molecule has 94 valence electrons. The molecule has 0 saturated heterocycles. The van der Waals surface area contributed by atoms with Crippen LogP contribution < -0.4 is 10.5 Å². The predicted octanol–water partition coefficient (Wildman–Crippen LogP) is 2.76. The minimum absolute atomic E-state index is 0.357. The summed E-state index contributed by atoms with van der Waals surface area (Å²) in [6.45, 7) is 8.09. The lowest BCUT2D eigenvalue weighted by molar-refractivity contribution is -0.124. The summed E-state index contributed by atoms with van der Waals surface area (Å²) >= 11 is 0. The number of amides is 1. The van der Waals surface area contributed by atoms with E-state index in [9.17, 15) is 4.79 Å². The molecule has 0 bridgehead atoms.